The van der Waals surface area contributed by atoms with Gasteiger partial charge in [0.15, 0.2) is 0 Å². The summed E-state index contributed by atoms with van der Waals surface area (Å²) in [5.74, 6) is 0. The van der Waals surface area contributed by atoms with Gasteiger partial charge >= 0.3 is 0 Å². The number of nitrogen functional groups attached to an aromatic ring is 1. The molecule has 0 spiro atoms. The predicted molar refractivity (Wildman–Crippen MR) is 85.1 cm³/mol. The van der Waals surface area contributed by atoms with E-state index in [9.17, 15) is 0 Å². The van der Waals surface area contributed by atoms with E-state index in [-0.39, 0.29) is 0 Å². The van der Waals surface area contributed by atoms with Crippen molar-refractivity contribution in [2.24, 2.45) is 5.73 Å². The van der Waals surface area contributed by atoms with Crippen LogP contribution >= 0.6 is 0 Å². The first-order chi connectivity index (χ1) is 9.69. The fraction of sp³-hybridized carbons (Fsp3) is 0.111. The Labute approximate surface area is 119 Å². The third-order valence-corrected chi connectivity index (χ3v) is 3.75. The van der Waals surface area contributed by atoms with Gasteiger partial charge in [0.05, 0.1) is 5.54 Å². The van der Waals surface area contributed by atoms with Crippen molar-refractivity contribution in [1.82, 2.24) is 0 Å². The number of hydrogen-bond donors (Lipinski definition) is 2. The van der Waals surface area contributed by atoms with Gasteiger partial charge in [-0.05, 0) is 35.2 Å². The van der Waals surface area contributed by atoms with Crippen molar-refractivity contribution in [3.8, 4) is 11.1 Å². The zero-order chi connectivity index (χ0) is 14.0. The zero-order valence-corrected chi connectivity index (χ0v) is 11.3. The molecule has 0 saturated heterocycles. The van der Waals surface area contributed by atoms with Crippen LogP contribution in [0.3, 0.4) is 0 Å². The quantitative estimate of drug-likeness (QED) is 0.812. The molecule has 0 fully saturated rings. The lowest BCUT2D eigenvalue weighted by Crippen LogP contribution is -2.35. The van der Waals surface area contributed by atoms with Crippen LogP contribution < -0.4 is 11.5 Å². The number of nitrogens with two attached hydrogens (primary N) is 2. The van der Waals surface area contributed by atoms with Crippen molar-refractivity contribution < 1.29 is 0 Å². The van der Waals surface area contributed by atoms with Crippen LogP contribution in [-0.2, 0) is 5.54 Å². The minimum atomic E-state index is -0.438. The van der Waals surface area contributed by atoms with E-state index in [1.54, 1.807) is 0 Å². The molecule has 3 rings (SSSR count). The van der Waals surface area contributed by atoms with Gasteiger partial charge in [-0.25, -0.2) is 0 Å². The minimum absolute atomic E-state index is 0.438. The smallest absolute Gasteiger partial charge is 0.0639 e. The first-order valence-corrected chi connectivity index (χ1v) is 6.78. The zero-order valence-electron chi connectivity index (χ0n) is 11.3. The molecule has 0 amide bonds. The highest BCUT2D eigenvalue weighted by Crippen LogP contribution is 2.35. The van der Waals surface area contributed by atoms with E-state index >= 15 is 0 Å². The fourth-order valence-electron chi connectivity index (χ4n) is 2.64. The number of anilines is 1. The van der Waals surface area contributed by atoms with Gasteiger partial charge in [0.2, 0.25) is 0 Å². The Morgan fingerprint density at radius 3 is 2.35 bits per heavy atom. The van der Waals surface area contributed by atoms with Crippen molar-refractivity contribution in [3.05, 3.63) is 78.4 Å². The molecule has 0 aliphatic heterocycles. The summed E-state index contributed by atoms with van der Waals surface area (Å²) in [6, 6.07) is 16.2. The van der Waals surface area contributed by atoms with Crippen molar-refractivity contribution in [2.75, 3.05) is 5.73 Å². The molecule has 1 aliphatic carbocycles. The first-order valence-electron chi connectivity index (χ1n) is 6.78. The van der Waals surface area contributed by atoms with E-state index in [0.717, 1.165) is 28.8 Å². The maximum absolute atomic E-state index is 6.59. The van der Waals surface area contributed by atoms with Crippen LogP contribution in [-0.4, -0.2) is 0 Å². The number of allylic oxidation sites excluding steroid dienone is 2. The highest BCUT2D eigenvalue weighted by molar-refractivity contribution is 5.71. The lowest BCUT2D eigenvalue weighted by molar-refractivity contribution is 0.567. The summed E-state index contributed by atoms with van der Waals surface area (Å²) in [7, 11) is 0. The highest BCUT2D eigenvalue weighted by atomic mass is 14.7. The summed E-state index contributed by atoms with van der Waals surface area (Å²) in [5, 5.41) is 0. The molecule has 0 aromatic heterocycles. The van der Waals surface area contributed by atoms with Crippen LogP contribution in [0, 0.1) is 0 Å². The van der Waals surface area contributed by atoms with Gasteiger partial charge in [-0.2, -0.15) is 0 Å². The molecule has 100 valence electrons. The van der Waals surface area contributed by atoms with Gasteiger partial charge in [0, 0.05) is 5.69 Å². The molecule has 2 aromatic carbocycles. The van der Waals surface area contributed by atoms with E-state index in [2.05, 4.69) is 24.3 Å². The van der Waals surface area contributed by atoms with Crippen molar-refractivity contribution in [2.45, 2.75) is 12.0 Å². The summed E-state index contributed by atoms with van der Waals surface area (Å²) >= 11 is 0. The fourth-order valence-corrected chi connectivity index (χ4v) is 2.64. The average molecular weight is 262 g/mol. The van der Waals surface area contributed by atoms with Crippen molar-refractivity contribution in [1.29, 1.82) is 0 Å². The monoisotopic (exact) mass is 262 g/mol. The number of rotatable bonds is 2. The van der Waals surface area contributed by atoms with E-state index in [1.807, 2.05) is 48.6 Å². The van der Waals surface area contributed by atoms with Gasteiger partial charge in [0.1, 0.15) is 0 Å². The number of benzene rings is 2. The maximum Gasteiger partial charge on any atom is 0.0639 e. The van der Waals surface area contributed by atoms with Crippen LogP contribution in [0.5, 0.6) is 0 Å². The highest BCUT2D eigenvalue weighted by Gasteiger charge is 2.26. The van der Waals surface area contributed by atoms with Gasteiger partial charge in [-0.1, -0.05) is 60.7 Å². The minimum Gasteiger partial charge on any atom is -0.399 e. The SMILES string of the molecule is Nc1ccc(-c2ccccc2C2(N)C=CC=CC2)cc1. The Balaban J connectivity index is 2.11. The van der Waals surface area contributed by atoms with Crippen molar-refractivity contribution in [3.63, 3.8) is 0 Å². The number of hydrogen-bond acceptors (Lipinski definition) is 2. The molecule has 1 aliphatic rings. The molecule has 20 heavy (non-hydrogen) atoms. The van der Waals surface area contributed by atoms with Crippen LogP contribution in [0.25, 0.3) is 11.1 Å². The predicted octanol–water partition coefficient (Wildman–Crippen LogP) is 3.61. The summed E-state index contributed by atoms with van der Waals surface area (Å²) in [5.41, 5.74) is 16.1. The molecule has 0 heterocycles. The Morgan fingerprint density at radius 2 is 1.65 bits per heavy atom. The van der Waals surface area contributed by atoms with E-state index in [1.165, 1.54) is 0 Å². The van der Waals surface area contributed by atoms with E-state index in [4.69, 9.17) is 11.5 Å². The summed E-state index contributed by atoms with van der Waals surface area (Å²) < 4.78 is 0. The Bertz CT molecular complexity index is 668. The molecule has 2 nitrogen and oxygen atoms in total. The third-order valence-electron chi connectivity index (χ3n) is 3.75. The summed E-state index contributed by atoms with van der Waals surface area (Å²) in [6.45, 7) is 0. The lowest BCUT2D eigenvalue weighted by atomic mass is 9.81. The van der Waals surface area contributed by atoms with Crippen LogP contribution in [0.4, 0.5) is 5.69 Å². The molecule has 1 atom stereocenters. The Hall–Kier alpha value is -2.32. The molecular formula is C18H18N2. The van der Waals surface area contributed by atoms with E-state index < -0.39 is 5.54 Å². The average Bonchev–Trinajstić information content (AvgIpc) is 2.49. The van der Waals surface area contributed by atoms with Crippen LogP contribution in [0.15, 0.2) is 72.8 Å². The van der Waals surface area contributed by atoms with Gasteiger partial charge < -0.3 is 11.5 Å². The second-order valence-corrected chi connectivity index (χ2v) is 5.20. The summed E-state index contributed by atoms with van der Waals surface area (Å²) in [6.07, 6.45) is 9.05. The second-order valence-electron chi connectivity index (χ2n) is 5.20. The topological polar surface area (TPSA) is 52.0 Å². The molecule has 0 saturated carbocycles. The summed E-state index contributed by atoms with van der Waals surface area (Å²) in [4.78, 5) is 0. The van der Waals surface area contributed by atoms with Gasteiger partial charge in [-0.15, -0.1) is 0 Å². The molecule has 0 radical (unpaired) electrons. The molecule has 4 N–H and O–H groups in total. The third kappa shape index (κ3) is 2.26. The lowest BCUT2D eigenvalue weighted by Gasteiger charge is -2.29. The molecular weight excluding hydrogens is 244 g/mol. The van der Waals surface area contributed by atoms with Crippen LogP contribution in [0.2, 0.25) is 0 Å². The molecule has 2 heteroatoms. The maximum atomic E-state index is 6.59. The largest absolute Gasteiger partial charge is 0.399 e. The standard InChI is InChI=1S/C18H18N2/c19-15-10-8-14(9-11-15)16-6-2-3-7-17(16)18(20)12-4-1-5-13-18/h1-12H,13,19-20H2. The Kier molecular flexibility index (Phi) is 3.17. The van der Waals surface area contributed by atoms with Crippen molar-refractivity contribution >= 4 is 5.69 Å². The molecule has 2 aromatic rings. The first kappa shape index (κ1) is 12.7. The van der Waals surface area contributed by atoms with E-state index in [0.29, 0.717) is 0 Å². The van der Waals surface area contributed by atoms with Gasteiger partial charge in [-0.3, -0.25) is 0 Å². The second kappa shape index (κ2) is 4.99. The Morgan fingerprint density at radius 1 is 0.900 bits per heavy atom. The van der Waals surface area contributed by atoms with Gasteiger partial charge in [0.25, 0.3) is 0 Å². The molecule has 1 unspecified atom stereocenters. The molecule has 0 bridgehead atoms. The normalized spacial score (nSPS) is 21.1. The van der Waals surface area contributed by atoms with Crippen LogP contribution in [0.1, 0.15) is 12.0 Å².